The van der Waals surface area contributed by atoms with Crippen molar-refractivity contribution in [2.45, 2.75) is 45.8 Å². The fourth-order valence-corrected chi connectivity index (χ4v) is 3.37. The van der Waals surface area contributed by atoms with E-state index in [0.29, 0.717) is 24.7 Å². The highest BCUT2D eigenvalue weighted by atomic mass is 15.3. The fraction of sp³-hybridized carbons (Fsp3) is 0.647. The summed E-state index contributed by atoms with van der Waals surface area (Å²) in [5.41, 5.74) is 10.2. The number of piperazine rings is 1. The third-order valence-corrected chi connectivity index (χ3v) is 4.84. The number of rotatable bonds is 3. The van der Waals surface area contributed by atoms with Gasteiger partial charge in [0.25, 0.3) is 0 Å². The third-order valence-electron chi connectivity index (χ3n) is 4.84. The van der Waals surface area contributed by atoms with Crippen LogP contribution in [0.4, 0.5) is 0 Å². The minimum atomic E-state index is 0.342. The molecule has 3 atom stereocenters. The largest absolute Gasteiger partial charge is 0.329 e. The normalized spacial score (nSPS) is 26.7. The molecule has 0 radical (unpaired) electrons. The van der Waals surface area contributed by atoms with Crippen LogP contribution in [0.15, 0.2) is 18.2 Å². The first-order valence-electron chi connectivity index (χ1n) is 7.67. The van der Waals surface area contributed by atoms with Crippen LogP contribution in [-0.4, -0.2) is 48.6 Å². The molecule has 0 spiro atoms. The quantitative estimate of drug-likeness (QED) is 0.919. The first-order valence-corrected chi connectivity index (χ1v) is 7.67. The number of aryl methyl sites for hydroxylation is 2. The van der Waals surface area contributed by atoms with Crippen LogP contribution in [0.2, 0.25) is 0 Å². The van der Waals surface area contributed by atoms with Gasteiger partial charge in [0.05, 0.1) is 0 Å². The number of hydrogen-bond donors (Lipinski definition) is 1. The molecule has 1 aliphatic rings. The van der Waals surface area contributed by atoms with Gasteiger partial charge in [-0.25, -0.2) is 0 Å². The van der Waals surface area contributed by atoms with E-state index in [0.717, 1.165) is 13.1 Å². The number of likely N-dealkylation sites (N-methyl/N-ethyl adjacent to an activating group) is 1. The molecule has 0 saturated carbocycles. The second-order valence-electron chi connectivity index (χ2n) is 6.43. The van der Waals surface area contributed by atoms with Gasteiger partial charge in [-0.2, -0.15) is 0 Å². The van der Waals surface area contributed by atoms with Crippen molar-refractivity contribution in [3.63, 3.8) is 0 Å². The van der Waals surface area contributed by atoms with Crippen LogP contribution in [0.5, 0.6) is 0 Å². The molecule has 0 amide bonds. The zero-order valence-corrected chi connectivity index (χ0v) is 13.6. The van der Waals surface area contributed by atoms with Gasteiger partial charge in [-0.05, 0) is 45.9 Å². The molecule has 1 fully saturated rings. The number of benzene rings is 1. The fourth-order valence-electron chi connectivity index (χ4n) is 3.37. The average molecular weight is 275 g/mol. The van der Waals surface area contributed by atoms with Crippen molar-refractivity contribution in [3.8, 4) is 0 Å². The van der Waals surface area contributed by atoms with E-state index in [1.165, 1.54) is 16.7 Å². The number of nitrogens with zero attached hydrogens (tertiary/aromatic N) is 2. The molecular weight excluding hydrogens is 246 g/mol. The molecular formula is C17H29N3. The minimum absolute atomic E-state index is 0.342. The molecule has 2 N–H and O–H groups in total. The molecule has 2 rings (SSSR count). The molecule has 0 aliphatic carbocycles. The summed E-state index contributed by atoms with van der Waals surface area (Å²) in [5, 5.41) is 0. The summed E-state index contributed by atoms with van der Waals surface area (Å²) in [4.78, 5) is 5.03. The van der Waals surface area contributed by atoms with Crippen molar-refractivity contribution in [1.82, 2.24) is 9.80 Å². The van der Waals surface area contributed by atoms with Crippen molar-refractivity contribution in [2.75, 3.05) is 26.7 Å². The first kappa shape index (κ1) is 15.5. The van der Waals surface area contributed by atoms with Gasteiger partial charge < -0.3 is 5.73 Å². The maximum absolute atomic E-state index is 6.11. The zero-order chi connectivity index (χ0) is 14.9. The summed E-state index contributed by atoms with van der Waals surface area (Å²) in [7, 11) is 2.22. The molecule has 1 aromatic rings. The van der Waals surface area contributed by atoms with Crippen LogP contribution >= 0.6 is 0 Å². The first-order chi connectivity index (χ1) is 9.43. The molecule has 3 unspecified atom stereocenters. The lowest BCUT2D eigenvalue weighted by Crippen LogP contribution is -2.56. The molecule has 1 heterocycles. The number of hydrogen-bond acceptors (Lipinski definition) is 3. The van der Waals surface area contributed by atoms with Crippen LogP contribution in [-0.2, 0) is 0 Å². The van der Waals surface area contributed by atoms with Gasteiger partial charge in [0, 0.05) is 37.8 Å². The van der Waals surface area contributed by atoms with Crippen molar-refractivity contribution >= 4 is 0 Å². The van der Waals surface area contributed by atoms with Gasteiger partial charge in [-0.1, -0.05) is 23.8 Å². The van der Waals surface area contributed by atoms with Crippen LogP contribution < -0.4 is 5.73 Å². The van der Waals surface area contributed by atoms with E-state index in [1.807, 2.05) is 0 Å². The van der Waals surface area contributed by atoms with E-state index < -0.39 is 0 Å². The second kappa shape index (κ2) is 6.25. The smallest absolute Gasteiger partial charge is 0.0474 e. The molecule has 112 valence electrons. The van der Waals surface area contributed by atoms with Crippen LogP contribution in [0.3, 0.4) is 0 Å². The second-order valence-corrected chi connectivity index (χ2v) is 6.43. The van der Waals surface area contributed by atoms with Crippen molar-refractivity contribution < 1.29 is 0 Å². The Morgan fingerprint density at radius 2 is 1.80 bits per heavy atom. The molecule has 0 aromatic heterocycles. The highest BCUT2D eigenvalue weighted by Gasteiger charge is 2.31. The lowest BCUT2D eigenvalue weighted by molar-refractivity contribution is 0.0350. The van der Waals surface area contributed by atoms with E-state index in [9.17, 15) is 0 Å². The lowest BCUT2D eigenvalue weighted by Gasteiger charge is -2.45. The van der Waals surface area contributed by atoms with Gasteiger partial charge in [-0.15, -0.1) is 0 Å². The summed E-state index contributed by atoms with van der Waals surface area (Å²) in [6, 6.07) is 8.23. The molecule has 1 aromatic carbocycles. The van der Waals surface area contributed by atoms with E-state index in [1.54, 1.807) is 0 Å². The van der Waals surface area contributed by atoms with Gasteiger partial charge in [0.15, 0.2) is 0 Å². The van der Waals surface area contributed by atoms with E-state index in [4.69, 9.17) is 5.73 Å². The standard InChI is InChI=1S/C17H29N3/c1-12-6-7-16(13(2)8-12)17(9-18)20-10-14(3)19(5)15(4)11-20/h6-8,14-15,17H,9-11,18H2,1-5H3. The Kier molecular flexibility index (Phi) is 4.84. The summed E-state index contributed by atoms with van der Waals surface area (Å²) in [5.74, 6) is 0. The summed E-state index contributed by atoms with van der Waals surface area (Å²) in [6.45, 7) is 11.8. The SMILES string of the molecule is Cc1ccc(C(CN)N2CC(C)N(C)C(C)C2)c(C)c1. The van der Waals surface area contributed by atoms with Gasteiger partial charge in [0.1, 0.15) is 0 Å². The topological polar surface area (TPSA) is 32.5 Å². The minimum Gasteiger partial charge on any atom is -0.329 e. The van der Waals surface area contributed by atoms with Gasteiger partial charge >= 0.3 is 0 Å². The van der Waals surface area contributed by atoms with Gasteiger partial charge in [-0.3, -0.25) is 9.80 Å². The predicted molar refractivity (Wildman–Crippen MR) is 86.0 cm³/mol. The Hall–Kier alpha value is -0.900. The predicted octanol–water partition coefficient (Wildman–Crippen LogP) is 2.33. The van der Waals surface area contributed by atoms with Crippen molar-refractivity contribution in [1.29, 1.82) is 0 Å². The highest BCUT2D eigenvalue weighted by Crippen LogP contribution is 2.27. The summed E-state index contributed by atoms with van der Waals surface area (Å²) < 4.78 is 0. The maximum atomic E-state index is 6.11. The maximum Gasteiger partial charge on any atom is 0.0474 e. The average Bonchev–Trinajstić information content (AvgIpc) is 2.39. The Morgan fingerprint density at radius 3 is 2.30 bits per heavy atom. The Balaban J connectivity index is 2.24. The van der Waals surface area contributed by atoms with Gasteiger partial charge in [0.2, 0.25) is 0 Å². The number of nitrogens with two attached hydrogens (primary N) is 1. The highest BCUT2D eigenvalue weighted by molar-refractivity contribution is 5.33. The summed E-state index contributed by atoms with van der Waals surface area (Å²) in [6.07, 6.45) is 0. The third kappa shape index (κ3) is 3.05. The molecule has 1 saturated heterocycles. The Bertz CT molecular complexity index is 446. The lowest BCUT2D eigenvalue weighted by atomic mass is 9.96. The van der Waals surface area contributed by atoms with Crippen molar-refractivity contribution in [3.05, 3.63) is 34.9 Å². The molecule has 20 heavy (non-hydrogen) atoms. The zero-order valence-electron chi connectivity index (χ0n) is 13.6. The van der Waals surface area contributed by atoms with Crippen molar-refractivity contribution in [2.24, 2.45) is 5.73 Å². The Morgan fingerprint density at radius 1 is 1.20 bits per heavy atom. The van der Waals surface area contributed by atoms with Crippen LogP contribution in [0.1, 0.15) is 36.6 Å². The van der Waals surface area contributed by atoms with E-state index in [2.05, 4.69) is 62.7 Å². The monoisotopic (exact) mass is 275 g/mol. The molecule has 1 aliphatic heterocycles. The molecule has 3 nitrogen and oxygen atoms in total. The van der Waals surface area contributed by atoms with Crippen LogP contribution in [0, 0.1) is 13.8 Å². The Labute approximate surface area is 123 Å². The molecule has 3 heteroatoms. The molecule has 0 bridgehead atoms. The van der Waals surface area contributed by atoms with Crippen LogP contribution in [0.25, 0.3) is 0 Å². The van der Waals surface area contributed by atoms with E-state index >= 15 is 0 Å². The summed E-state index contributed by atoms with van der Waals surface area (Å²) >= 11 is 0. The van der Waals surface area contributed by atoms with E-state index in [-0.39, 0.29) is 0 Å².